The normalized spacial score (nSPS) is 14.3. The summed E-state index contributed by atoms with van der Waals surface area (Å²) in [4.78, 5) is 10.5. The first-order valence-electron chi connectivity index (χ1n) is 3.60. The highest BCUT2D eigenvalue weighted by atomic mass is 32.2. The van der Waals surface area contributed by atoms with Crippen LogP contribution in [0.25, 0.3) is 0 Å². The van der Waals surface area contributed by atoms with Gasteiger partial charge in [0, 0.05) is 10.5 Å². The van der Waals surface area contributed by atoms with E-state index in [1.54, 1.807) is 13.8 Å². The summed E-state index contributed by atoms with van der Waals surface area (Å²) in [6.45, 7) is 2.94. The molecule has 0 rings (SSSR count). The smallest absolute Gasteiger partial charge is 0.321 e. The molecule has 0 aliphatic carbocycles. The van der Waals surface area contributed by atoms with Crippen molar-refractivity contribution in [1.82, 2.24) is 0 Å². The van der Waals surface area contributed by atoms with Crippen LogP contribution in [0, 0.1) is 0 Å². The molecule has 0 aromatic carbocycles. The third-order valence-electron chi connectivity index (χ3n) is 1.57. The second-order valence-electron chi connectivity index (χ2n) is 2.96. The lowest BCUT2D eigenvalue weighted by Crippen LogP contribution is -2.46. The predicted molar refractivity (Wildman–Crippen MR) is 48.1 cm³/mol. The van der Waals surface area contributed by atoms with Gasteiger partial charge in [0.25, 0.3) is 0 Å². The van der Waals surface area contributed by atoms with Crippen LogP contribution in [0.3, 0.4) is 0 Å². The fourth-order valence-corrected chi connectivity index (χ4v) is 1.57. The van der Waals surface area contributed by atoms with Gasteiger partial charge in [-0.2, -0.15) is 11.8 Å². The Bertz CT molecular complexity index is 163. The highest BCUT2D eigenvalue weighted by Gasteiger charge is 2.32. The lowest BCUT2D eigenvalue weighted by atomic mass is 10.1. The van der Waals surface area contributed by atoms with E-state index in [9.17, 15) is 9.18 Å². The van der Waals surface area contributed by atoms with Crippen LogP contribution in [0.5, 0.6) is 0 Å². The molecule has 0 radical (unpaired) electrons. The summed E-state index contributed by atoms with van der Waals surface area (Å²) in [5.41, 5.74) is 5.39. The van der Waals surface area contributed by atoms with E-state index < -0.39 is 23.4 Å². The molecule has 12 heavy (non-hydrogen) atoms. The standard InChI is InChI=1S/C7H14FNO2S/c1-7(2,12-4-3-8)5(9)6(10)11/h5H,3-4,9H2,1-2H3,(H,10,11)/t5-/m0/s1. The Morgan fingerprint density at radius 3 is 2.58 bits per heavy atom. The van der Waals surface area contributed by atoms with Crippen molar-refractivity contribution in [2.45, 2.75) is 24.6 Å². The summed E-state index contributed by atoms with van der Waals surface area (Å²) in [7, 11) is 0. The van der Waals surface area contributed by atoms with Crippen molar-refractivity contribution in [3.63, 3.8) is 0 Å². The number of carbonyl (C=O) groups is 1. The Kier molecular flexibility index (Phi) is 4.55. The summed E-state index contributed by atoms with van der Waals surface area (Å²) in [5, 5.41) is 8.58. The van der Waals surface area contributed by atoms with Gasteiger partial charge in [-0.05, 0) is 13.8 Å². The number of rotatable bonds is 5. The van der Waals surface area contributed by atoms with Crippen LogP contribution in [0.15, 0.2) is 0 Å². The van der Waals surface area contributed by atoms with E-state index in [1.165, 1.54) is 11.8 Å². The van der Waals surface area contributed by atoms with Gasteiger partial charge in [-0.1, -0.05) is 0 Å². The first-order chi connectivity index (χ1) is 5.41. The van der Waals surface area contributed by atoms with Gasteiger partial charge in [0.1, 0.15) is 6.04 Å². The van der Waals surface area contributed by atoms with Crippen LogP contribution < -0.4 is 5.73 Å². The number of hydrogen-bond acceptors (Lipinski definition) is 3. The van der Waals surface area contributed by atoms with Gasteiger partial charge in [0.05, 0.1) is 6.67 Å². The highest BCUT2D eigenvalue weighted by Crippen LogP contribution is 2.26. The zero-order valence-electron chi connectivity index (χ0n) is 7.21. The molecule has 0 unspecified atom stereocenters. The first kappa shape index (κ1) is 11.7. The number of thioether (sulfide) groups is 1. The van der Waals surface area contributed by atoms with Crippen molar-refractivity contribution in [3.05, 3.63) is 0 Å². The van der Waals surface area contributed by atoms with Gasteiger partial charge in [0.15, 0.2) is 0 Å². The summed E-state index contributed by atoms with van der Waals surface area (Å²) in [6, 6.07) is -0.950. The SMILES string of the molecule is CC(C)(SCCF)[C@@H](N)C(=O)O. The lowest BCUT2D eigenvalue weighted by molar-refractivity contribution is -0.139. The van der Waals surface area contributed by atoms with Crippen LogP contribution in [0.4, 0.5) is 4.39 Å². The van der Waals surface area contributed by atoms with Crippen molar-refractivity contribution < 1.29 is 14.3 Å². The first-order valence-corrected chi connectivity index (χ1v) is 4.58. The summed E-state index contributed by atoms with van der Waals surface area (Å²) < 4.78 is 11.2. The average Bonchev–Trinajstić information content (AvgIpc) is 1.99. The molecule has 0 saturated heterocycles. The Morgan fingerprint density at radius 2 is 2.25 bits per heavy atom. The summed E-state index contributed by atoms with van der Waals surface area (Å²) in [5.74, 6) is -0.764. The zero-order chi connectivity index (χ0) is 9.78. The molecule has 72 valence electrons. The van der Waals surface area contributed by atoms with Crippen molar-refractivity contribution in [2.24, 2.45) is 5.73 Å². The molecule has 0 aromatic heterocycles. The Balaban J connectivity index is 4.08. The minimum atomic E-state index is -1.05. The second-order valence-corrected chi connectivity index (χ2v) is 4.71. The van der Waals surface area contributed by atoms with Crippen molar-refractivity contribution in [1.29, 1.82) is 0 Å². The van der Waals surface area contributed by atoms with Gasteiger partial charge in [-0.25, -0.2) is 0 Å². The third-order valence-corrected chi connectivity index (χ3v) is 2.92. The fourth-order valence-electron chi connectivity index (χ4n) is 0.689. The second kappa shape index (κ2) is 4.67. The van der Waals surface area contributed by atoms with E-state index in [2.05, 4.69) is 0 Å². The summed E-state index contributed by atoms with van der Waals surface area (Å²) in [6.07, 6.45) is 0. The van der Waals surface area contributed by atoms with Crippen molar-refractivity contribution in [3.8, 4) is 0 Å². The van der Waals surface area contributed by atoms with Crippen LogP contribution in [-0.4, -0.2) is 34.3 Å². The molecule has 0 aromatic rings. The highest BCUT2D eigenvalue weighted by molar-refractivity contribution is 8.00. The maximum absolute atomic E-state index is 11.8. The number of halogens is 1. The number of carboxylic acid groups (broad SMARTS) is 1. The minimum Gasteiger partial charge on any atom is -0.480 e. The summed E-state index contributed by atoms with van der Waals surface area (Å²) >= 11 is 1.23. The molecule has 5 heteroatoms. The van der Waals surface area contributed by atoms with E-state index >= 15 is 0 Å². The largest absolute Gasteiger partial charge is 0.480 e. The number of nitrogens with two attached hydrogens (primary N) is 1. The minimum absolute atomic E-state index is 0.286. The molecular weight excluding hydrogens is 181 g/mol. The quantitative estimate of drug-likeness (QED) is 0.683. The van der Waals surface area contributed by atoms with Crippen LogP contribution in [-0.2, 0) is 4.79 Å². The van der Waals surface area contributed by atoms with Gasteiger partial charge in [0.2, 0.25) is 0 Å². The van der Waals surface area contributed by atoms with E-state index in [-0.39, 0.29) is 5.75 Å². The molecular formula is C7H14FNO2S. The molecule has 0 aliphatic heterocycles. The van der Waals surface area contributed by atoms with Crippen LogP contribution in [0.1, 0.15) is 13.8 Å². The molecule has 0 spiro atoms. The van der Waals surface area contributed by atoms with Crippen molar-refractivity contribution in [2.75, 3.05) is 12.4 Å². The van der Waals surface area contributed by atoms with Crippen LogP contribution >= 0.6 is 11.8 Å². The molecule has 0 amide bonds. The number of alkyl halides is 1. The maximum atomic E-state index is 11.8. The van der Waals surface area contributed by atoms with E-state index in [0.717, 1.165) is 0 Å². The monoisotopic (exact) mass is 195 g/mol. The number of aliphatic carboxylic acids is 1. The molecule has 0 saturated carbocycles. The number of carboxylic acids is 1. The van der Waals surface area contributed by atoms with E-state index in [0.29, 0.717) is 0 Å². The molecule has 0 heterocycles. The molecule has 3 nitrogen and oxygen atoms in total. The van der Waals surface area contributed by atoms with E-state index in [1.807, 2.05) is 0 Å². The van der Waals surface area contributed by atoms with Crippen LogP contribution in [0.2, 0.25) is 0 Å². The fraction of sp³-hybridized carbons (Fsp3) is 0.857. The van der Waals surface area contributed by atoms with Crippen molar-refractivity contribution >= 4 is 17.7 Å². The Labute approximate surface area is 75.5 Å². The Morgan fingerprint density at radius 1 is 1.75 bits per heavy atom. The van der Waals surface area contributed by atoms with E-state index in [4.69, 9.17) is 10.8 Å². The van der Waals surface area contributed by atoms with Gasteiger partial charge < -0.3 is 10.8 Å². The average molecular weight is 195 g/mol. The third kappa shape index (κ3) is 3.40. The topological polar surface area (TPSA) is 63.3 Å². The molecule has 3 N–H and O–H groups in total. The predicted octanol–water partition coefficient (Wildman–Crippen LogP) is 0.880. The Hall–Kier alpha value is -0.290. The molecule has 1 atom stereocenters. The van der Waals surface area contributed by atoms with Gasteiger partial charge >= 0.3 is 5.97 Å². The molecule has 0 bridgehead atoms. The lowest BCUT2D eigenvalue weighted by Gasteiger charge is -2.27. The zero-order valence-corrected chi connectivity index (χ0v) is 8.03. The molecule has 0 aliphatic rings. The van der Waals surface area contributed by atoms with Gasteiger partial charge in [-0.15, -0.1) is 0 Å². The van der Waals surface area contributed by atoms with Gasteiger partial charge in [-0.3, -0.25) is 9.18 Å². The molecule has 0 fully saturated rings. The number of hydrogen-bond donors (Lipinski definition) is 2. The maximum Gasteiger partial charge on any atom is 0.321 e.